The van der Waals surface area contributed by atoms with Crippen molar-refractivity contribution in [2.45, 2.75) is 24.9 Å². The fourth-order valence-corrected chi connectivity index (χ4v) is 2.80. The highest BCUT2D eigenvalue weighted by molar-refractivity contribution is 5.78. The van der Waals surface area contributed by atoms with Gasteiger partial charge in [-0.2, -0.15) is 18.2 Å². The third kappa shape index (κ3) is 5.01. The molecule has 140 valence electrons. The summed E-state index contributed by atoms with van der Waals surface area (Å²) in [5, 5.41) is 5.82. The summed E-state index contributed by atoms with van der Waals surface area (Å²) in [7, 11) is 0. The number of nitrogens with one attached hydrogen (secondary N) is 1. The predicted octanol–water partition coefficient (Wildman–Crippen LogP) is 1.99. The summed E-state index contributed by atoms with van der Waals surface area (Å²) >= 11 is 0. The van der Waals surface area contributed by atoms with Gasteiger partial charge in [0.2, 0.25) is 17.6 Å². The first-order valence-electron chi connectivity index (χ1n) is 8.21. The van der Waals surface area contributed by atoms with Gasteiger partial charge in [0.1, 0.15) is 12.2 Å². The summed E-state index contributed by atoms with van der Waals surface area (Å²) in [6.45, 7) is -0.205. The van der Waals surface area contributed by atoms with Crippen LogP contribution in [0.15, 0.2) is 28.9 Å². The van der Waals surface area contributed by atoms with Gasteiger partial charge in [0.15, 0.2) is 0 Å². The first-order valence-corrected chi connectivity index (χ1v) is 8.21. The van der Waals surface area contributed by atoms with Crippen molar-refractivity contribution >= 4 is 5.91 Å². The minimum absolute atomic E-state index is 0.0498. The van der Waals surface area contributed by atoms with Crippen molar-refractivity contribution in [3.63, 3.8) is 0 Å². The molecule has 0 atom stereocenters. The molecule has 2 aromatic heterocycles. The van der Waals surface area contributed by atoms with Gasteiger partial charge in [0, 0.05) is 12.1 Å². The maximum atomic E-state index is 12.1. The lowest BCUT2D eigenvalue weighted by Gasteiger charge is -2.29. The zero-order valence-electron chi connectivity index (χ0n) is 13.9. The highest BCUT2D eigenvalue weighted by atomic mass is 19.4. The van der Waals surface area contributed by atoms with Crippen molar-refractivity contribution in [2.24, 2.45) is 0 Å². The van der Waals surface area contributed by atoms with Gasteiger partial charge in [0.25, 0.3) is 0 Å². The second kappa shape index (κ2) is 7.81. The lowest BCUT2D eigenvalue weighted by molar-refractivity contribution is -0.139. The van der Waals surface area contributed by atoms with E-state index in [1.165, 1.54) is 0 Å². The number of halogens is 3. The van der Waals surface area contributed by atoms with Crippen molar-refractivity contribution < 1.29 is 22.5 Å². The van der Waals surface area contributed by atoms with Crippen molar-refractivity contribution in [1.82, 2.24) is 25.3 Å². The van der Waals surface area contributed by atoms with Crippen LogP contribution in [0, 0.1) is 0 Å². The number of aromatic nitrogens is 3. The molecule has 0 aromatic carbocycles. The molecule has 0 bridgehead atoms. The molecular weight excluding hydrogens is 351 g/mol. The Labute approximate surface area is 147 Å². The average molecular weight is 369 g/mol. The van der Waals surface area contributed by atoms with Crippen LogP contribution in [0.3, 0.4) is 0 Å². The number of pyridine rings is 1. The molecule has 0 unspecified atom stereocenters. The molecule has 26 heavy (non-hydrogen) atoms. The average Bonchev–Trinajstić information content (AvgIpc) is 3.11. The SMILES string of the molecule is O=C(CN1CCC(c2nc(-c3ccccn3)no2)CC1)NCC(F)(F)F. The summed E-state index contributed by atoms with van der Waals surface area (Å²) in [5.41, 5.74) is 0.626. The number of carbonyl (C=O) groups excluding carboxylic acids is 1. The number of carbonyl (C=O) groups is 1. The Morgan fingerprint density at radius 1 is 1.31 bits per heavy atom. The van der Waals surface area contributed by atoms with Crippen LogP contribution in [0.2, 0.25) is 0 Å². The zero-order chi connectivity index (χ0) is 18.6. The summed E-state index contributed by atoms with van der Waals surface area (Å²) < 4.78 is 41.6. The summed E-state index contributed by atoms with van der Waals surface area (Å²) in [6, 6.07) is 5.42. The van der Waals surface area contributed by atoms with E-state index in [4.69, 9.17) is 4.52 Å². The molecule has 3 heterocycles. The second-order valence-electron chi connectivity index (χ2n) is 6.11. The summed E-state index contributed by atoms with van der Waals surface area (Å²) in [6.07, 6.45) is -1.37. The molecule has 1 aliphatic heterocycles. The molecule has 1 saturated heterocycles. The third-order valence-electron chi connectivity index (χ3n) is 4.13. The molecule has 0 radical (unpaired) electrons. The fraction of sp³-hybridized carbons (Fsp3) is 0.500. The van der Waals surface area contributed by atoms with Gasteiger partial charge in [-0.1, -0.05) is 11.2 Å². The molecular formula is C16H18F3N5O2. The molecule has 1 N–H and O–H groups in total. The number of nitrogens with zero attached hydrogens (tertiary/aromatic N) is 4. The van der Waals surface area contributed by atoms with Crippen LogP contribution in [0.4, 0.5) is 13.2 Å². The molecule has 1 fully saturated rings. The van der Waals surface area contributed by atoms with E-state index in [9.17, 15) is 18.0 Å². The van der Waals surface area contributed by atoms with E-state index in [1.807, 2.05) is 16.3 Å². The van der Waals surface area contributed by atoms with Crippen LogP contribution in [0.1, 0.15) is 24.7 Å². The minimum Gasteiger partial charge on any atom is -0.346 e. The highest BCUT2D eigenvalue weighted by Gasteiger charge is 2.29. The highest BCUT2D eigenvalue weighted by Crippen LogP contribution is 2.28. The number of alkyl halides is 3. The number of amides is 1. The molecule has 7 nitrogen and oxygen atoms in total. The second-order valence-corrected chi connectivity index (χ2v) is 6.11. The lowest BCUT2D eigenvalue weighted by atomic mass is 9.97. The predicted molar refractivity (Wildman–Crippen MR) is 85.0 cm³/mol. The number of piperidine rings is 1. The Morgan fingerprint density at radius 2 is 2.08 bits per heavy atom. The van der Waals surface area contributed by atoms with Crippen molar-refractivity contribution in [3.05, 3.63) is 30.3 Å². The number of hydrogen-bond acceptors (Lipinski definition) is 6. The normalized spacial score (nSPS) is 16.6. The van der Waals surface area contributed by atoms with E-state index >= 15 is 0 Å². The van der Waals surface area contributed by atoms with E-state index < -0.39 is 18.6 Å². The van der Waals surface area contributed by atoms with Gasteiger partial charge in [-0.3, -0.25) is 14.7 Å². The molecule has 1 amide bonds. The molecule has 0 spiro atoms. The Bertz CT molecular complexity index is 727. The maximum absolute atomic E-state index is 12.1. The molecule has 1 aliphatic rings. The monoisotopic (exact) mass is 369 g/mol. The molecule has 0 saturated carbocycles. The Kier molecular flexibility index (Phi) is 5.50. The van der Waals surface area contributed by atoms with Crippen LogP contribution < -0.4 is 5.32 Å². The summed E-state index contributed by atoms with van der Waals surface area (Å²) in [4.78, 5) is 21.9. The van der Waals surface area contributed by atoms with Crippen LogP contribution in [-0.4, -0.2) is 58.3 Å². The third-order valence-corrected chi connectivity index (χ3v) is 4.13. The Hall–Kier alpha value is -2.49. The number of hydrogen-bond donors (Lipinski definition) is 1. The van der Waals surface area contributed by atoms with E-state index in [2.05, 4.69) is 15.1 Å². The van der Waals surface area contributed by atoms with Crippen LogP contribution in [0.5, 0.6) is 0 Å². The molecule has 3 rings (SSSR count). The van der Waals surface area contributed by atoms with E-state index in [1.54, 1.807) is 18.3 Å². The Balaban J connectivity index is 1.48. The van der Waals surface area contributed by atoms with Gasteiger partial charge < -0.3 is 9.84 Å². The first kappa shape index (κ1) is 18.3. The summed E-state index contributed by atoms with van der Waals surface area (Å²) in [5.74, 6) is 0.381. The smallest absolute Gasteiger partial charge is 0.346 e. The molecule has 0 aliphatic carbocycles. The van der Waals surface area contributed by atoms with E-state index in [0.29, 0.717) is 43.3 Å². The standard InChI is InChI=1S/C16H18F3N5O2/c17-16(18,19)10-21-13(25)9-24-7-4-11(5-8-24)15-22-14(23-26-15)12-3-1-2-6-20-12/h1-3,6,11H,4-5,7-10H2,(H,21,25). The van der Waals surface area contributed by atoms with Crippen LogP contribution in [-0.2, 0) is 4.79 Å². The van der Waals surface area contributed by atoms with Crippen molar-refractivity contribution in [3.8, 4) is 11.5 Å². The van der Waals surface area contributed by atoms with Gasteiger partial charge >= 0.3 is 6.18 Å². The van der Waals surface area contributed by atoms with E-state index in [0.717, 1.165) is 0 Å². The van der Waals surface area contributed by atoms with Crippen LogP contribution >= 0.6 is 0 Å². The van der Waals surface area contributed by atoms with Gasteiger partial charge in [-0.05, 0) is 38.1 Å². The van der Waals surface area contributed by atoms with Crippen LogP contribution in [0.25, 0.3) is 11.5 Å². The van der Waals surface area contributed by atoms with Gasteiger partial charge in [0.05, 0.1) is 6.54 Å². The molecule has 2 aromatic rings. The zero-order valence-corrected chi connectivity index (χ0v) is 13.9. The molecule has 10 heteroatoms. The van der Waals surface area contributed by atoms with E-state index in [-0.39, 0.29) is 12.5 Å². The quantitative estimate of drug-likeness (QED) is 0.868. The number of rotatable bonds is 5. The Morgan fingerprint density at radius 3 is 2.73 bits per heavy atom. The van der Waals surface area contributed by atoms with Gasteiger partial charge in [-0.15, -0.1) is 0 Å². The topological polar surface area (TPSA) is 84.2 Å². The lowest BCUT2D eigenvalue weighted by Crippen LogP contribution is -2.43. The largest absolute Gasteiger partial charge is 0.405 e. The van der Waals surface area contributed by atoms with Gasteiger partial charge in [-0.25, -0.2) is 0 Å². The van der Waals surface area contributed by atoms with Crippen molar-refractivity contribution in [1.29, 1.82) is 0 Å². The maximum Gasteiger partial charge on any atom is 0.405 e. The first-order chi connectivity index (χ1) is 12.4. The fourth-order valence-electron chi connectivity index (χ4n) is 2.80. The van der Waals surface area contributed by atoms with Crippen molar-refractivity contribution in [2.75, 3.05) is 26.2 Å². The minimum atomic E-state index is -4.40. The number of likely N-dealkylation sites (tertiary alicyclic amines) is 1.